The number of hydrogen-bond donors (Lipinski definition) is 2. The van der Waals surface area contributed by atoms with Crippen LogP contribution in [0.2, 0.25) is 18.6 Å². The Bertz CT molecular complexity index is 206. The minimum absolute atomic E-state index is 0.00697. The van der Waals surface area contributed by atoms with Gasteiger partial charge in [0.15, 0.2) is 18.8 Å². The summed E-state index contributed by atoms with van der Waals surface area (Å²) in [7, 11) is -1.98. The molecular formula is C8H18O4Si2. The van der Waals surface area contributed by atoms with Gasteiger partial charge in [-0.15, -0.1) is 0 Å². The fourth-order valence-corrected chi connectivity index (χ4v) is 4.19. The molecule has 0 aromatic carbocycles. The first-order chi connectivity index (χ1) is 6.49. The van der Waals surface area contributed by atoms with Gasteiger partial charge < -0.3 is 14.3 Å². The molecular weight excluding hydrogens is 216 g/mol. The van der Waals surface area contributed by atoms with Gasteiger partial charge in [-0.2, -0.15) is 0 Å². The highest BCUT2D eigenvalue weighted by Crippen LogP contribution is 2.19. The zero-order chi connectivity index (χ0) is 11.1. The molecule has 4 nitrogen and oxygen atoms in total. The Morgan fingerprint density at radius 2 is 2.21 bits per heavy atom. The molecule has 0 bridgehead atoms. The number of rotatable bonds is 7. The molecule has 6 heteroatoms. The summed E-state index contributed by atoms with van der Waals surface area (Å²) in [5, 5.41) is 17.5. The molecule has 1 atom stereocenters. The largest absolute Gasteiger partial charge is 0.478 e. The normalized spacial score (nSPS) is 13.7. The van der Waals surface area contributed by atoms with E-state index in [0.717, 1.165) is 0 Å². The first kappa shape index (κ1) is 13.6. The first-order valence-corrected chi connectivity index (χ1v) is 8.81. The molecule has 0 radical (unpaired) electrons. The quantitative estimate of drug-likeness (QED) is 0.476. The summed E-state index contributed by atoms with van der Waals surface area (Å²) in [4.78, 5) is 10.7. The predicted molar refractivity (Wildman–Crippen MR) is 60.7 cm³/mol. The van der Waals surface area contributed by atoms with Crippen molar-refractivity contribution in [3.05, 3.63) is 12.2 Å². The molecule has 14 heavy (non-hydrogen) atoms. The van der Waals surface area contributed by atoms with Gasteiger partial charge in [0.05, 0.1) is 0 Å². The van der Waals surface area contributed by atoms with Gasteiger partial charge in [0.2, 0.25) is 0 Å². The Morgan fingerprint density at radius 3 is 2.57 bits per heavy atom. The van der Waals surface area contributed by atoms with Crippen LogP contribution in [0.25, 0.3) is 0 Å². The number of aliphatic hydroxyl groups is 1. The summed E-state index contributed by atoms with van der Waals surface area (Å²) in [6.45, 7) is 7.60. The summed E-state index contributed by atoms with van der Waals surface area (Å²) in [6.07, 6.45) is 0.457. The van der Waals surface area contributed by atoms with E-state index in [9.17, 15) is 4.79 Å². The molecule has 0 heterocycles. The van der Waals surface area contributed by atoms with E-state index in [1.807, 2.05) is 13.1 Å². The van der Waals surface area contributed by atoms with E-state index >= 15 is 0 Å². The fraction of sp³-hybridized carbons (Fsp3) is 0.625. The van der Waals surface area contributed by atoms with E-state index < -0.39 is 24.8 Å². The van der Waals surface area contributed by atoms with Crippen molar-refractivity contribution in [1.82, 2.24) is 0 Å². The van der Waals surface area contributed by atoms with E-state index in [-0.39, 0.29) is 17.7 Å². The zero-order valence-electron chi connectivity index (χ0n) is 8.69. The van der Waals surface area contributed by atoms with Crippen LogP contribution in [0.15, 0.2) is 12.2 Å². The molecule has 0 aromatic heterocycles. The molecule has 0 saturated carbocycles. The van der Waals surface area contributed by atoms with Gasteiger partial charge in [-0.1, -0.05) is 6.58 Å². The topological polar surface area (TPSA) is 66.8 Å². The molecule has 0 rings (SSSR count). The maximum absolute atomic E-state index is 10.7. The van der Waals surface area contributed by atoms with Crippen LogP contribution >= 0.6 is 0 Å². The highest BCUT2D eigenvalue weighted by Gasteiger charge is 2.19. The predicted octanol–water partition coefficient (Wildman–Crippen LogP) is -0.118. The lowest BCUT2D eigenvalue weighted by atomic mass is 10.1. The van der Waals surface area contributed by atoms with E-state index in [1.165, 1.54) is 0 Å². The summed E-state index contributed by atoms with van der Waals surface area (Å²) in [5.74, 6) is -0.982. The standard InChI is InChI=1S/C8H18O4Si2/c1-6(8(10)11)7(4-5-9)13-12-14(2)3/h7,9,14H,1,4-5,13H2,2-3H3,(H,10,11). The van der Waals surface area contributed by atoms with Gasteiger partial charge in [0.25, 0.3) is 0 Å². The molecule has 2 N–H and O–H groups in total. The summed E-state index contributed by atoms with van der Waals surface area (Å²) < 4.78 is 5.57. The third-order valence-corrected chi connectivity index (χ3v) is 6.62. The van der Waals surface area contributed by atoms with Gasteiger partial charge in [-0.3, -0.25) is 0 Å². The molecule has 0 spiro atoms. The van der Waals surface area contributed by atoms with Gasteiger partial charge in [0.1, 0.15) is 0 Å². The van der Waals surface area contributed by atoms with Crippen molar-refractivity contribution >= 4 is 24.8 Å². The SMILES string of the molecule is C=C(C(=O)O)C(CCO)[SiH2]O[SiH](C)C. The second kappa shape index (κ2) is 6.94. The second-order valence-corrected chi connectivity index (χ2v) is 8.17. The second-order valence-electron chi connectivity index (χ2n) is 3.42. The van der Waals surface area contributed by atoms with Crippen molar-refractivity contribution in [2.24, 2.45) is 0 Å². The van der Waals surface area contributed by atoms with Crippen molar-refractivity contribution in [2.75, 3.05) is 6.61 Å². The number of hydrogen-bond acceptors (Lipinski definition) is 3. The van der Waals surface area contributed by atoms with Crippen molar-refractivity contribution in [3.63, 3.8) is 0 Å². The minimum atomic E-state index is -1.08. The average Bonchev–Trinajstić information content (AvgIpc) is 2.10. The van der Waals surface area contributed by atoms with Gasteiger partial charge >= 0.3 is 5.97 Å². The van der Waals surface area contributed by atoms with Gasteiger partial charge in [-0.05, 0) is 19.5 Å². The van der Waals surface area contributed by atoms with Crippen molar-refractivity contribution < 1.29 is 19.1 Å². The van der Waals surface area contributed by atoms with E-state index in [0.29, 0.717) is 6.42 Å². The molecule has 0 saturated heterocycles. The molecule has 0 aliphatic carbocycles. The van der Waals surface area contributed by atoms with Gasteiger partial charge in [0, 0.05) is 17.7 Å². The lowest BCUT2D eigenvalue weighted by molar-refractivity contribution is -0.132. The zero-order valence-corrected chi connectivity index (χ0v) is 11.3. The van der Waals surface area contributed by atoms with E-state index in [4.69, 9.17) is 14.3 Å². The third kappa shape index (κ3) is 5.33. The summed E-state index contributed by atoms with van der Waals surface area (Å²) in [6, 6.07) is 0. The molecule has 0 amide bonds. The number of carbonyl (C=O) groups is 1. The maximum Gasteiger partial charge on any atom is 0.331 e. The number of carboxylic acids is 1. The van der Waals surface area contributed by atoms with E-state index in [2.05, 4.69) is 6.58 Å². The lowest BCUT2D eigenvalue weighted by Gasteiger charge is -2.16. The highest BCUT2D eigenvalue weighted by molar-refractivity contribution is 6.56. The van der Waals surface area contributed by atoms with Gasteiger partial charge in [-0.25, -0.2) is 4.79 Å². The minimum Gasteiger partial charge on any atom is -0.478 e. The highest BCUT2D eigenvalue weighted by atomic mass is 28.3. The van der Waals surface area contributed by atoms with Crippen LogP contribution in [0.5, 0.6) is 0 Å². The van der Waals surface area contributed by atoms with Crippen molar-refractivity contribution in [3.8, 4) is 0 Å². The molecule has 0 fully saturated rings. The summed E-state index contributed by atoms with van der Waals surface area (Å²) >= 11 is 0. The average molecular weight is 234 g/mol. The number of aliphatic hydroxyl groups excluding tert-OH is 1. The van der Waals surface area contributed by atoms with Crippen LogP contribution in [0.4, 0.5) is 0 Å². The first-order valence-electron chi connectivity index (χ1n) is 4.63. The van der Waals surface area contributed by atoms with Crippen molar-refractivity contribution in [2.45, 2.75) is 25.1 Å². The Labute approximate surface area is 88.3 Å². The number of aliphatic carboxylic acids is 1. The van der Waals surface area contributed by atoms with E-state index in [1.54, 1.807) is 0 Å². The monoisotopic (exact) mass is 234 g/mol. The number of carboxylic acid groups (broad SMARTS) is 1. The van der Waals surface area contributed by atoms with Crippen LogP contribution < -0.4 is 0 Å². The third-order valence-electron chi connectivity index (χ3n) is 1.88. The summed E-state index contributed by atoms with van der Waals surface area (Å²) in [5.41, 5.74) is 0.0489. The maximum atomic E-state index is 10.7. The van der Waals surface area contributed by atoms with Crippen molar-refractivity contribution in [1.29, 1.82) is 0 Å². The van der Waals surface area contributed by atoms with Crippen LogP contribution in [0, 0.1) is 0 Å². The van der Waals surface area contributed by atoms with Crippen LogP contribution in [-0.2, 0) is 8.91 Å². The molecule has 0 aliphatic heterocycles. The molecule has 0 aromatic rings. The van der Waals surface area contributed by atoms with Crippen LogP contribution in [-0.4, -0.2) is 41.6 Å². The Hall–Kier alpha value is -0.436. The molecule has 82 valence electrons. The molecule has 0 aliphatic rings. The van der Waals surface area contributed by atoms with Crippen LogP contribution in [0.3, 0.4) is 0 Å². The smallest absolute Gasteiger partial charge is 0.331 e. The fourth-order valence-electron chi connectivity index (χ4n) is 0.997. The lowest BCUT2D eigenvalue weighted by Crippen LogP contribution is -2.21. The Kier molecular flexibility index (Phi) is 6.72. The van der Waals surface area contributed by atoms with Crippen LogP contribution in [0.1, 0.15) is 6.42 Å². The Balaban J connectivity index is 4.14. The molecule has 1 unspecified atom stereocenters. The Morgan fingerprint density at radius 1 is 1.64 bits per heavy atom.